The van der Waals surface area contributed by atoms with E-state index in [2.05, 4.69) is 9.88 Å². The molecule has 2 aliphatic heterocycles. The highest BCUT2D eigenvalue weighted by Gasteiger charge is 2.52. The minimum atomic E-state index is -3.86. The van der Waals surface area contributed by atoms with E-state index in [1.165, 1.54) is 3.97 Å². The fourth-order valence-electron chi connectivity index (χ4n) is 4.13. The number of rotatable bonds is 4. The van der Waals surface area contributed by atoms with Gasteiger partial charge in [0.25, 0.3) is 10.0 Å². The molecule has 10 heteroatoms. The standard InChI is InChI=1S/C23H28BN3O5S/c1-22(2)23(3,4)32-24(31-22)20-16-27(33(28,29)18-8-6-5-7-9-18)21-19(20)14-17(15-25-21)26-10-12-30-13-11-26/h5-9,14-16H,10-13H2,1-4H3. The van der Waals surface area contributed by atoms with Gasteiger partial charge in [-0.25, -0.2) is 17.4 Å². The van der Waals surface area contributed by atoms with Crippen molar-refractivity contribution >= 4 is 39.3 Å². The van der Waals surface area contributed by atoms with E-state index in [4.69, 9.17) is 14.0 Å². The Morgan fingerprint density at radius 2 is 1.64 bits per heavy atom. The Bertz CT molecular complexity index is 1270. The molecule has 5 rings (SSSR count). The first kappa shape index (κ1) is 22.4. The van der Waals surface area contributed by atoms with Crippen LogP contribution in [0.4, 0.5) is 5.69 Å². The molecule has 0 radical (unpaired) electrons. The first-order chi connectivity index (χ1) is 15.6. The minimum absolute atomic E-state index is 0.196. The molecule has 4 heterocycles. The number of fused-ring (bicyclic) bond motifs is 1. The van der Waals surface area contributed by atoms with Gasteiger partial charge in [0.05, 0.1) is 41.2 Å². The van der Waals surface area contributed by atoms with Crippen molar-refractivity contribution in [2.45, 2.75) is 43.8 Å². The minimum Gasteiger partial charge on any atom is -0.399 e. The molecule has 8 nitrogen and oxygen atoms in total. The van der Waals surface area contributed by atoms with Crippen molar-refractivity contribution in [1.82, 2.24) is 8.96 Å². The quantitative estimate of drug-likeness (QED) is 0.543. The Hall–Kier alpha value is -2.40. The summed E-state index contributed by atoms with van der Waals surface area (Å²) < 4.78 is 46.3. The SMILES string of the molecule is CC1(C)OB(c2cn(S(=O)(=O)c3ccccc3)c3ncc(N4CCOCC4)cc23)OC1(C)C. The Kier molecular flexibility index (Phi) is 5.32. The molecule has 174 valence electrons. The monoisotopic (exact) mass is 469 g/mol. The summed E-state index contributed by atoms with van der Waals surface area (Å²) in [5.41, 5.74) is 0.795. The average Bonchev–Trinajstić information content (AvgIpc) is 3.28. The largest absolute Gasteiger partial charge is 0.497 e. The lowest BCUT2D eigenvalue weighted by molar-refractivity contribution is 0.00578. The Labute approximate surface area is 194 Å². The number of hydrogen-bond acceptors (Lipinski definition) is 7. The summed E-state index contributed by atoms with van der Waals surface area (Å²) in [5, 5.41) is 0.692. The topological polar surface area (TPSA) is 82.9 Å². The molecule has 0 spiro atoms. The average molecular weight is 469 g/mol. The Morgan fingerprint density at radius 1 is 1.00 bits per heavy atom. The first-order valence-corrected chi connectivity index (χ1v) is 12.5. The fourth-order valence-corrected chi connectivity index (χ4v) is 5.49. The van der Waals surface area contributed by atoms with Crippen LogP contribution >= 0.6 is 0 Å². The Morgan fingerprint density at radius 3 is 2.27 bits per heavy atom. The van der Waals surface area contributed by atoms with Gasteiger partial charge in [-0.05, 0) is 45.9 Å². The van der Waals surface area contributed by atoms with Crippen molar-refractivity contribution in [3.8, 4) is 0 Å². The normalized spacial score (nSPS) is 20.5. The van der Waals surface area contributed by atoms with Crippen molar-refractivity contribution in [3.05, 3.63) is 48.8 Å². The molecule has 1 aromatic carbocycles. The van der Waals surface area contributed by atoms with Crippen LogP contribution in [0.15, 0.2) is 53.7 Å². The van der Waals surface area contributed by atoms with Crippen molar-refractivity contribution in [2.24, 2.45) is 0 Å². The summed E-state index contributed by atoms with van der Waals surface area (Å²) in [6.45, 7) is 10.7. The summed E-state index contributed by atoms with van der Waals surface area (Å²) in [6, 6.07) is 10.3. The van der Waals surface area contributed by atoms with Crippen LogP contribution in [0.2, 0.25) is 0 Å². The van der Waals surface area contributed by atoms with E-state index in [0.29, 0.717) is 29.7 Å². The molecule has 2 fully saturated rings. The van der Waals surface area contributed by atoms with Crippen LogP contribution in [0.1, 0.15) is 27.7 Å². The predicted molar refractivity (Wildman–Crippen MR) is 128 cm³/mol. The van der Waals surface area contributed by atoms with E-state index in [-0.39, 0.29) is 4.90 Å². The Balaban J connectivity index is 1.68. The third kappa shape index (κ3) is 3.75. The number of hydrogen-bond donors (Lipinski definition) is 0. The number of pyridine rings is 1. The van der Waals surface area contributed by atoms with Crippen molar-refractivity contribution in [3.63, 3.8) is 0 Å². The predicted octanol–water partition coefficient (Wildman–Crippen LogP) is 2.41. The molecule has 0 bridgehead atoms. The molecular formula is C23H28BN3O5S. The summed E-state index contributed by atoms with van der Waals surface area (Å²) >= 11 is 0. The summed E-state index contributed by atoms with van der Waals surface area (Å²) in [7, 11) is -4.58. The van der Waals surface area contributed by atoms with Crippen LogP contribution in [0.3, 0.4) is 0 Å². The maximum Gasteiger partial charge on any atom is 0.497 e. The van der Waals surface area contributed by atoms with Gasteiger partial charge >= 0.3 is 7.12 Å². The van der Waals surface area contributed by atoms with Crippen LogP contribution < -0.4 is 10.4 Å². The van der Waals surface area contributed by atoms with E-state index in [0.717, 1.165) is 18.8 Å². The van der Waals surface area contributed by atoms with Crippen molar-refractivity contribution < 1.29 is 22.5 Å². The van der Waals surface area contributed by atoms with E-state index < -0.39 is 28.3 Å². The van der Waals surface area contributed by atoms with E-state index in [1.807, 2.05) is 33.8 Å². The molecule has 2 aromatic heterocycles. The smallest absolute Gasteiger partial charge is 0.399 e. The first-order valence-electron chi connectivity index (χ1n) is 11.1. The zero-order chi connectivity index (χ0) is 23.4. The number of aromatic nitrogens is 2. The second kappa shape index (κ2) is 7.83. The molecule has 33 heavy (non-hydrogen) atoms. The van der Waals surface area contributed by atoms with Gasteiger partial charge in [-0.3, -0.25) is 0 Å². The molecule has 0 aliphatic carbocycles. The van der Waals surface area contributed by atoms with Gasteiger partial charge in [0.15, 0.2) is 5.65 Å². The molecule has 0 amide bonds. The maximum atomic E-state index is 13.5. The molecule has 3 aromatic rings. The second-order valence-electron chi connectivity index (χ2n) is 9.45. The van der Waals surface area contributed by atoms with Gasteiger partial charge in [0, 0.05) is 30.1 Å². The fraction of sp³-hybridized carbons (Fsp3) is 0.435. The highest BCUT2D eigenvalue weighted by molar-refractivity contribution is 7.90. The third-order valence-corrected chi connectivity index (χ3v) is 8.48. The number of nitrogens with zero attached hydrogens (tertiary/aromatic N) is 3. The number of benzene rings is 1. The number of morpholine rings is 1. The lowest BCUT2D eigenvalue weighted by Crippen LogP contribution is -2.41. The molecule has 2 saturated heterocycles. The van der Waals surface area contributed by atoms with Crippen LogP contribution in [0, 0.1) is 0 Å². The van der Waals surface area contributed by atoms with Crippen LogP contribution in [0.25, 0.3) is 11.0 Å². The third-order valence-electron chi connectivity index (χ3n) is 6.81. The van der Waals surface area contributed by atoms with Gasteiger partial charge in [0.1, 0.15) is 0 Å². The van der Waals surface area contributed by atoms with Crippen LogP contribution in [-0.2, 0) is 24.1 Å². The number of ether oxygens (including phenoxy) is 1. The van der Waals surface area contributed by atoms with E-state index in [9.17, 15) is 8.42 Å². The number of anilines is 1. The van der Waals surface area contributed by atoms with Gasteiger partial charge in [-0.1, -0.05) is 18.2 Å². The molecule has 0 unspecified atom stereocenters. The zero-order valence-electron chi connectivity index (χ0n) is 19.3. The summed E-state index contributed by atoms with van der Waals surface area (Å²) in [6.07, 6.45) is 3.31. The molecule has 0 saturated carbocycles. The maximum absolute atomic E-state index is 13.5. The van der Waals surface area contributed by atoms with E-state index in [1.54, 1.807) is 42.7 Å². The lowest BCUT2D eigenvalue weighted by atomic mass is 9.79. The molecule has 0 N–H and O–H groups in total. The summed E-state index contributed by atoms with van der Waals surface area (Å²) in [5.74, 6) is 0. The lowest BCUT2D eigenvalue weighted by Gasteiger charge is -2.32. The van der Waals surface area contributed by atoms with Crippen LogP contribution in [0.5, 0.6) is 0 Å². The van der Waals surface area contributed by atoms with Crippen LogP contribution in [-0.4, -0.2) is 62.0 Å². The van der Waals surface area contributed by atoms with E-state index >= 15 is 0 Å². The van der Waals surface area contributed by atoms with Gasteiger partial charge < -0.3 is 18.9 Å². The van der Waals surface area contributed by atoms with Crippen molar-refractivity contribution in [1.29, 1.82) is 0 Å². The van der Waals surface area contributed by atoms with Gasteiger partial charge in [0.2, 0.25) is 0 Å². The molecule has 0 atom stereocenters. The molecular weight excluding hydrogens is 441 g/mol. The zero-order valence-corrected chi connectivity index (χ0v) is 20.1. The highest BCUT2D eigenvalue weighted by Crippen LogP contribution is 2.37. The van der Waals surface area contributed by atoms with Crippen molar-refractivity contribution in [2.75, 3.05) is 31.2 Å². The van der Waals surface area contributed by atoms with Gasteiger partial charge in [-0.15, -0.1) is 0 Å². The second-order valence-corrected chi connectivity index (χ2v) is 11.3. The van der Waals surface area contributed by atoms with Gasteiger partial charge in [-0.2, -0.15) is 0 Å². The highest BCUT2D eigenvalue weighted by atomic mass is 32.2. The molecule has 2 aliphatic rings. The summed E-state index contributed by atoms with van der Waals surface area (Å²) in [4.78, 5) is 6.99.